The smallest absolute Gasteiger partial charge is 0.0372 e. The lowest BCUT2D eigenvalue weighted by Gasteiger charge is -2.31. The molecule has 0 N–H and O–H groups in total. The van der Waals surface area contributed by atoms with Crippen LogP contribution in [-0.2, 0) is 0 Å². The summed E-state index contributed by atoms with van der Waals surface area (Å²) >= 11 is 0. The van der Waals surface area contributed by atoms with Crippen LogP contribution in [0.1, 0.15) is 38.5 Å². The van der Waals surface area contributed by atoms with E-state index in [-0.39, 0.29) is 0 Å². The Morgan fingerprint density at radius 1 is 0.276 bits per heavy atom. The summed E-state index contributed by atoms with van der Waals surface area (Å²) in [6.45, 7) is 4.42. The summed E-state index contributed by atoms with van der Waals surface area (Å²) in [5, 5.41) is 10.3. The van der Waals surface area contributed by atoms with Crippen molar-refractivity contribution < 1.29 is 0 Å². The summed E-state index contributed by atoms with van der Waals surface area (Å²) in [4.78, 5) is 5.25. The molecule has 58 heavy (non-hydrogen) atoms. The van der Waals surface area contributed by atoms with Crippen molar-refractivity contribution in [3.8, 4) is 44.5 Å². The van der Waals surface area contributed by atoms with Gasteiger partial charge in [0.1, 0.15) is 0 Å². The van der Waals surface area contributed by atoms with Gasteiger partial charge in [-0.05, 0) is 175 Å². The zero-order chi connectivity index (χ0) is 38.4. The van der Waals surface area contributed by atoms with Crippen molar-refractivity contribution in [2.75, 3.05) is 36.0 Å². The molecular weight excluding hydrogens is 701 g/mol. The first-order chi connectivity index (χ1) is 28.8. The van der Waals surface area contributed by atoms with Gasteiger partial charge in [-0.1, -0.05) is 121 Å². The molecule has 9 aromatic carbocycles. The van der Waals surface area contributed by atoms with Crippen molar-refractivity contribution in [1.29, 1.82) is 0 Å². The van der Waals surface area contributed by atoms with Crippen LogP contribution in [0.5, 0.6) is 0 Å². The second kappa shape index (κ2) is 14.8. The molecule has 0 atom stereocenters. The van der Waals surface area contributed by atoms with E-state index < -0.39 is 0 Å². The highest BCUT2D eigenvalue weighted by atomic mass is 15.1. The number of hydrogen-bond acceptors (Lipinski definition) is 2. The molecule has 2 aliphatic rings. The third kappa shape index (κ3) is 6.19. The molecule has 282 valence electrons. The van der Waals surface area contributed by atoms with E-state index in [9.17, 15) is 0 Å². The largest absolute Gasteiger partial charge is 0.372 e. The first-order valence-electron chi connectivity index (χ1n) is 21.5. The van der Waals surface area contributed by atoms with Crippen molar-refractivity contribution in [3.63, 3.8) is 0 Å². The van der Waals surface area contributed by atoms with Crippen molar-refractivity contribution >= 4 is 54.5 Å². The molecule has 2 heterocycles. The molecule has 2 heteroatoms. The van der Waals surface area contributed by atoms with Crippen LogP contribution in [0, 0.1) is 0 Å². The molecule has 0 aromatic heterocycles. The summed E-state index contributed by atoms with van der Waals surface area (Å²) in [6.07, 6.45) is 7.60. The van der Waals surface area contributed by atoms with Gasteiger partial charge in [0.2, 0.25) is 0 Å². The minimum atomic E-state index is 1.11. The van der Waals surface area contributed by atoms with Crippen molar-refractivity contribution in [1.82, 2.24) is 0 Å². The fraction of sp³-hybridized carbons (Fsp3) is 0.179. The zero-order valence-electron chi connectivity index (χ0n) is 33.1. The highest BCUT2D eigenvalue weighted by Gasteiger charge is 2.24. The Balaban J connectivity index is 1.31. The van der Waals surface area contributed by atoms with E-state index in [1.807, 2.05) is 0 Å². The lowest BCUT2D eigenvalue weighted by molar-refractivity contribution is 0.578. The van der Waals surface area contributed by atoms with E-state index in [0.717, 1.165) is 26.2 Å². The summed E-state index contributed by atoms with van der Waals surface area (Å²) in [5.74, 6) is 0. The molecule has 2 fully saturated rings. The van der Waals surface area contributed by atoms with E-state index >= 15 is 0 Å². The minimum Gasteiger partial charge on any atom is -0.372 e. The Bertz CT molecular complexity index is 2750. The fourth-order valence-corrected chi connectivity index (χ4v) is 10.1. The third-order valence-corrected chi connectivity index (χ3v) is 13.0. The number of piperidine rings is 2. The number of rotatable bonds is 6. The van der Waals surface area contributed by atoms with Crippen LogP contribution in [0.2, 0.25) is 0 Å². The third-order valence-electron chi connectivity index (χ3n) is 13.0. The topological polar surface area (TPSA) is 6.48 Å². The van der Waals surface area contributed by atoms with Crippen LogP contribution >= 0.6 is 0 Å². The number of anilines is 2. The van der Waals surface area contributed by atoms with Crippen LogP contribution in [0.4, 0.5) is 11.4 Å². The van der Waals surface area contributed by atoms with Crippen molar-refractivity contribution in [2.24, 2.45) is 0 Å². The average molecular weight is 749 g/mol. The second-order valence-corrected chi connectivity index (χ2v) is 16.5. The average Bonchev–Trinajstić information content (AvgIpc) is 3.30. The SMILES string of the molecule is c1ccc(-c2cc3ccccc3cc2-c2c3ccc(N4CCCCC4)cc3c(-c3cc4ccccc4cc3-c3ccccc3)c3ccc(N4CCCCC4)cc23)cc1. The first kappa shape index (κ1) is 34.8. The Kier molecular flexibility index (Phi) is 8.92. The molecule has 0 amide bonds. The van der Waals surface area contributed by atoms with Gasteiger partial charge in [-0.15, -0.1) is 0 Å². The van der Waals surface area contributed by atoms with Gasteiger partial charge in [0.05, 0.1) is 0 Å². The minimum absolute atomic E-state index is 1.11. The lowest BCUT2D eigenvalue weighted by Crippen LogP contribution is -2.29. The summed E-state index contributed by atoms with van der Waals surface area (Å²) < 4.78 is 0. The highest BCUT2D eigenvalue weighted by Crippen LogP contribution is 2.51. The predicted molar refractivity (Wildman–Crippen MR) is 250 cm³/mol. The van der Waals surface area contributed by atoms with Gasteiger partial charge in [0, 0.05) is 37.6 Å². The molecule has 11 rings (SSSR count). The molecule has 9 aromatic rings. The van der Waals surface area contributed by atoms with Crippen LogP contribution in [-0.4, -0.2) is 26.2 Å². The van der Waals surface area contributed by atoms with E-state index in [2.05, 4.69) is 180 Å². The monoisotopic (exact) mass is 748 g/mol. The molecule has 0 aliphatic carbocycles. The number of hydrogen-bond donors (Lipinski definition) is 0. The number of nitrogens with zero attached hydrogens (tertiary/aromatic N) is 2. The Morgan fingerprint density at radius 2 is 0.621 bits per heavy atom. The lowest BCUT2D eigenvalue weighted by atomic mass is 9.81. The van der Waals surface area contributed by atoms with Gasteiger partial charge in [0.25, 0.3) is 0 Å². The Morgan fingerprint density at radius 3 is 1.00 bits per heavy atom. The molecule has 2 nitrogen and oxygen atoms in total. The standard InChI is InChI=1S/C56H48N2/c1-5-17-39(18-6-1)49-33-41-21-9-11-23-43(41)35-51(49)55-47-27-25-46(58-31-15-4-16-32-58)38-54(47)56(48-28-26-45(37-53(48)55)57-29-13-3-14-30-57)52-36-44-24-12-10-22-42(44)34-50(52)40-19-7-2-8-20-40/h1-2,5-12,17-28,33-38H,3-4,13-16,29-32H2. The highest BCUT2D eigenvalue weighted by molar-refractivity contribution is 6.25. The maximum Gasteiger partial charge on any atom is 0.0372 e. The Labute approximate surface area is 342 Å². The Hall–Kier alpha value is -6.38. The van der Waals surface area contributed by atoms with Gasteiger partial charge in [-0.25, -0.2) is 0 Å². The van der Waals surface area contributed by atoms with Crippen LogP contribution in [0.25, 0.3) is 87.6 Å². The fourth-order valence-electron chi connectivity index (χ4n) is 10.1. The van der Waals surface area contributed by atoms with Gasteiger partial charge >= 0.3 is 0 Å². The maximum absolute atomic E-state index is 2.62. The summed E-state index contributed by atoms with van der Waals surface area (Å²) in [5.41, 5.74) is 12.9. The van der Waals surface area contributed by atoms with Crippen molar-refractivity contribution in [3.05, 3.63) is 170 Å². The normalized spacial score (nSPS) is 14.8. The van der Waals surface area contributed by atoms with Crippen LogP contribution < -0.4 is 9.80 Å². The van der Waals surface area contributed by atoms with Gasteiger partial charge in [0.15, 0.2) is 0 Å². The summed E-state index contributed by atoms with van der Waals surface area (Å²) in [7, 11) is 0. The van der Waals surface area contributed by atoms with Gasteiger partial charge in [-0.2, -0.15) is 0 Å². The first-order valence-corrected chi connectivity index (χ1v) is 21.5. The molecule has 0 spiro atoms. The number of benzene rings is 9. The van der Waals surface area contributed by atoms with Gasteiger partial charge < -0.3 is 9.80 Å². The van der Waals surface area contributed by atoms with E-state index in [0.29, 0.717) is 0 Å². The van der Waals surface area contributed by atoms with E-state index in [1.165, 1.54) is 137 Å². The predicted octanol–water partition coefficient (Wildman–Crippen LogP) is 14.9. The molecule has 2 saturated heterocycles. The van der Waals surface area contributed by atoms with Crippen LogP contribution in [0.3, 0.4) is 0 Å². The zero-order valence-corrected chi connectivity index (χ0v) is 33.1. The van der Waals surface area contributed by atoms with Gasteiger partial charge in [-0.3, -0.25) is 0 Å². The molecule has 2 aliphatic heterocycles. The second-order valence-electron chi connectivity index (χ2n) is 16.5. The summed E-state index contributed by atoms with van der Waals surface area (Å²) in [6, 6.07) is 64.5. The molecule has 0 unspecified atom stereocenters. The molecule has 0 bridgehead atoms. The molecule has 0 radical (unpaired) electrons. The number of fused-ring (bicyclic) bond motifs is 4. The quantitative estimate of drug-likeness (QED) is 0.156. The maximum atomic E-state index is 2.62. The van der Waals surface area contributed by atoms with E-state index in [4.69, 9.17) is 0 Å². The van der Waals surface area contributed by atoms with E-state index in [1.54, 1.807) is 0 Å². The molecular formula is C56H48N2. The van der Waals surface area contributed by atoms with Crippen molar-refractivity contribution in [2.45, 2.75) is 38.5 Å². The van der Waals surface area contributed by atoms with Crippen LogP contribution in [0.15, 0.2) is 170 Å². The molecule has 0 saturated carbocycles.